The van der Waals surface area contributed by atoms with Crippen molar-refractivity contribution >= 4 is 0 Å². The number of para-hydroxylation sites is 1. The Morgan fingerprint density at radius 1 is 1.23 bits per heavy atom. The van der Waals surface area contributed by atoms with E-state index in [9.17, 15) is 0 Å². The topological polar surface area (TPSA) is 37.9 Å². The van der Waals surface area contributed by atoms with Crippen LogP contribution in [0.15, 0.2) is 36.5 Å². The zero-order chi connectivity index (χ0) is 9.10. The normalized spacial score (nSPS) is 9.92. The van der Waals surface area contributed by atoms with E-state index in [1.54, 1.807) is 13.3 Å². The molecule has 2 aromatic rings. The summed E-state index contributed by atoms with van der Waals surface area (Å²) < 4.78 is 5.22. The number of nitrogens with zero attached hydrogens (tertiary/aromatic N) is 1. The number of methoxy groups -OCH3 is 1. The number of rotatable bonds is 2. The molecule has 0 spiro atoms. The van der Waals surface area contributed by atoms with Gasteiger partial charge in [-0.15, -0.1) is 0 Å². The van der Waals surface area contributed by atoms with E-state index in [1.807, 2.05) is 30.3 Å². The van der Waals surface area contributed by atoms with Gasteiger partial charge < -0.3 is 4.74 Å². The van der Waals surface area contributed by atoms with Crippen LogP contribution >= 0.6 is 0 Å². The highest BCUT2D eigenvalue weighted by Crippen LogP contribution is 2.27. The van der Waals surface area contributed by atoms with Gasteiger partial charge in [0.1, 0.15) is 5.75 Å². The van der Waals surface area contributed by atoms with Crippen LogP contribution in [0, 0.1) is 0 Å². The van der Waals surface area contributed by atoms with E-state index in [0.29, 0.717) is 0 Å². The van der Waals surface area contributed by atoms with E-state index in [-0.39, 0.29) is 0 Å². The van der Waals surface area contributed by atoms with Crippen molar-refractivity contribution in [3.05, 3.63) is 36.5 Å². The molecule has 13 heavy (non-hydrogen) atoms. The minimum atomic E-state index is 0.853. The van der Waals surface area contributed by atoms with Gasteiger partial charge in [-0.3, -0.25) is 5.10 Å². The maximum absolute atomic E-state index is 5.22. The summed E-state index contributed by atoms with van der Waals surface area (Å²) in [6.07, 6.45) is 1.72. The van der Waals surface area contributed by atoms with Crippen LogP contribution in [0.4, 0.5) is 0 Å². The van der Waals surface area contributed by atoms with E-state index < -0.39 is 0 Å². The molecule has 0 bridgehead atoms. The van der Waals surface area contributed by atoms with Crippen molar-refractivity contribution in [1.29, 1.82) is 0 Å². The van der Waals surface area contributed by atoms with Gasteiger partial charge in [0.15, 0.2) is 0 Å². The van der Waals surface area contributed by atoms with E-state index in [2.05, 4.69) is 10.2 Å². The van der Waals surface area contributed by atoms with Gasteiger partial charge in [0.2, 0.25) is 0 Å². The molecule has 3 nitrogen and oxygen atoms in total. The number of ether oxygens (including phenoxy) is 1. The maximum atomic E-state index is 5.22. The fourth-order valence-electron chi connectivity index (χ4n) is 1.27. The average molecular weight is 174 g/mol. The summed E-state index contributed by atoms with van der Waals surface area (Å²) in [7, 11) is 1.66. The van der Waals surface area contributed by atoms with Crippen LogP contribution in [-0.2, 0) is 0 Å². The molecule has 2 rings (SSSR count). The third-order valence-electron chi connectivity index (χ3n) is 1.90. The monoisotopic (exact) mass is 174 g/mol. The van der Waals surface area contributed by atoms with Crippen molar-refractivity contribution in [3.63, 3.8) is 0 Å². The Balaban J connectivity index is 2.51. The Morgan fingerprint density at radius 2 is 2.08 bits per heavy atom. The summed E-state index contributed by atoms with van der Waals surface area (Å²) in [6.45, 7) is 0. The molecular weight excluding hydrogens is 164 g/mol. The van der Waals surface area contributed by atoms with Crippen LogP contribution in [0.25, 0.3) is 11.3 Å². The number of hydrogen-bond donors (Lipinski definition) is 1. The minimum absolute atomic E-state index is 0.853. The molecule has 0 fully saturated rings. The van der Waals surface area contributed by atoms with E-state index >= 15 is 0 Å². The van der Waals surface area contributed by atoms with Crippen LogP contribution in [0.3, 0.4) is 0 Å². The third-order valence-corrected chi connectivity index (χ3v) is 1.90. The number of H-pyrrole nitrogens is 1. The van der Waals surface area contributed by atoms with Gasteiger partial charge in [-0.1, -0.05) is 12.1 Å². The maximum Gasteiger partial charge on any atom is 0.128 e. The van der Waals surface area contributed by atoms with Gasteiger partial charge in [-0.25, -0.2) is 0 Å². The highest BCUT2D eigenvalue weighted by molar-refractivity contribution is 5.66. The van der Waals surface area contributed by atoms with Crippen LogP contribution in [0.1, 0.15) is 0 Å². The first-order valence-corrected chi connectivity index (χ1v) is 4.04. The minimum Gasteiger partial charge on any atom is -0.496 e. The number of nitrogens with one attached hydrogen (secondary N) is 1. The van der Waals surface area contributed by atoms with Crippen molar-refractivity contribution in [3.8, 4) is 17.0 Å². The van der Waals surface area contributed by atoms with Crippen LogP contribution in [0.2, 0.25) is 0 Å². The first-order valence-electron chi connectivity index (χ1n) is 4.04. The van der Waals surface area contributed by atoms with Crippen molar-refractivity contribution in [2.24, 2.45) is 0 Å². The molecule has 1 heterocycles. The standard InChI is InChI=1S/C10H10N2O/c1-13-10-5-3-2-4-8(10)9-6-7-11-12-9/h2-7H,1H3,(H,11,12). The molecule has 0 aliphatic heterocycles. The summed E-state index contributed by atoms with van der Waals surface area (Å²) >= 11 is 0. The molecule has 0 aliphatic carbocycles. The van der Waals surface area contributed by atoms with Gasteiger partial charge in [-0.05, 0) is 18.2 Å². The molecule has 1 aromatic heterocycles. The molecule has 0 radical (unpaired) electrons. The van der Waals surface area contributed by atoms with Gasteiger partial charge in [0.05, 0.1) is 12.8 Å². The number of hydrogen-bond acceptors (Lipinski definition) is 2. The lowest BCUT2D eigenvalue weighted by Gasteiger charge is -2.04. The quantitative estimate of drug-likeness (QED) is 0.756. The average Bonchev–Trinajstić information content (AvgIpc) is 2.70. The summed E-state index contributed by atoms with van der Waals surface area (Å²) in [4.78, 5) is 0. The largest absolute Gasteiger partial charge is 0.496 e. The van der Waals surface area contributed by atoms with Crippen molar-refractivity contribution in [2.45, 2.75) is 0 Å². The molecule has 0 saturated heterocycles. The number of benzene rings is 1. The number of aromatic nitrogens is 2. The lowest BCUT2D eigenvalue weighted by atomic mass is 10.1. The van der Waals surface area contributed by atoms with Crippen LogP contribution in [0.5, 0.6) is 5.75 Å². The van der Waals surface area contributed by atoms with Crippen molar-refractivity contribution < 1.29 is 4.74 Å². The Hall–Kier alpha value is -1.77. The highest BCUT2D eigenvalue weighted by Gasteiger charge is 2.04. The Labute approximate surface area is 76.4 Å². The lowest BCUT2D eigenvalue weighted by molar-refractivity contribution is 0.416. The molecule has 66 valence electrons. The van der Waals surface area contributed by atoms with Crippen molar-refractivity contribution in [2.75, 3.05) is 7.11 Å². The van der Waals surface area contributed by atoms with E-state index in [1.165, 1.54) is 0 Å². The first kappa shape index (κ1) is 7.86. The SMILES string of the molecule is COc1ccccc1-c1ccn[nH]1. The third kappa shape index (κ3) is 1.40. The molecule has 0 saturated carbocycles. The molecule has 1 N–H and O–H groups in total. The fraction of sp³-hybridized carbons (Fsp3) is 0.100. The summed E-state index contributed by atoms with van der Waals surface area (Å²) in [5.74, 6) is 0.853. The zero-order valence-electron chi connectivity index (χ0n) is 7.32. The van der Waals surface area contributed by atoms with E-state index in [4.69, 9.17) is 4.74 Å². The second kappa shape index (κ2) is 3.31. The second-order valence-electron chi connectivity index (χ2n) is 2.67. The number of aromatic amines is 1. The highest BCUT2D eigenvalue weighted by atomic mass is 16.5. The predicted octanol–water partition coefficient (Wildman–Crippen LogP) is 2.09. The Bertz CT molecular complexity index is 382. The molecule has 3 heteroatoms. The van der Waals surface area contributed by atoms with Gasteiger partial charge in [-0.2, -0.15) is 5.10 Å². The molecule has 0 unspecified atom stereocenters. The van der Waals surface area contributed by atoms with Gasteiger partial charge in [0.25, 0.3) is 0 Å². The Morgan fingerprint density at radius 3 is 2.77 bits per heavy atom. The van der Waals surface area contributed by atoms with Crippen LogP contribution in [-0.4, -0.2) is 17.3 Å². The van der Waals surface area contributed by atoms with Gasteiger partial charge >= 0.3 is 0 Å². The molecular formula is C10H10N2O. The second-order valence-corrected chi connectivity index (χ2v) is 2.67. The Kier molecular flexibility index (Phi) is 2.00. The molecule has 0 atom stereocenters. The van der Waals surface area contributed by atoms with Gasteiger partial charge in [0, 0.05) is 11.8 Å². The first-order chi connectivity index (χ1) is 6.42. The summed E-state index contributed by atoms with van der Waals surface area (Å²) in [6, 6.07) is 9.75. The summed E-state index contributed by atoms with van der Waals surface area (Å²) in [5.41, 5.74) is 2.00. The smallest absolute Gasteiger partial charge is 0.128 e. The van der Waals surface area contributed by atoms with E-state index in [0.717, 1.165) is 17.0 Å². The lowest BCUT2D eigenvalue weighted by Crippen LogP contribution is -1.87. The predicted molar refractivity (Wildman–Crippen MR) is 50.6 cm³/mol. The molecule has 0 aliphatic rings. The zero-order valence-corrected chi connectivity index (χ0v) is 7.32. The molecule has 0 amide bonds. The summed E-state index contributed by atoms with van der Waals surface area (Å²) in [5, 5.41) is 6.79. The molecule has 1 aromatic carbocycles. The fourth-order valence-corrected chi connectivity index (χ4v) is 1.27. The van der Waals surface area contributed by atoms with Crippen LogP contribution < -0.4 is 4.74 Å². The van der Waals surface area contributed by atoms with Crippen molar-refractivity contribution in [1.82, 2.24) is 10.2 Å².